The van der Waals surface area contributed by atoms with E-state index in [-0.39, 0.29) is 32.2 Å². The summed E-state index contributed by atoms with van der Waals surface area (Å²) in [5.74, 6) is 0. The third kappa shape index (κ3) is 31.1. The molecule has 1 N–H and O–H groups in total. The molecule has 8 heavy (non-hydrogen) atoms. The quantitative estimate of drug-likeness (QED) is 0.661. The smallest absolute Gasteiger partial charge is 0.0430 e. The van der Waals surface area contributed by atoms with Gasteiger partial charge in [0, 0.05) is 6.61 Å². The van der Waals surface area contributed by atoms with Crippen molar-refractivity contribution in [3.05, 3.63) is 0 Å². The highest BCUT2D eigenvalue weighted by atomic mass is 35.5. The molecule has 56 valence electrons. The summed E-state index contributed by atoms with van der Waals surface area (Å²) in [5.41, 5.74) is 0. The fourth-order valence-electron chi connectivity index (χ4n) is 0.158. The molecule has 1 nitrogen and oxygen atoms in total. The van der Waals surface area contributed by atoms with Crippen molar-refractivity contribution in [3.63, 3.8) is 0 Å². The largest absolute Gasteiger partial charge is 0.396 e. The first-order chi connectivity index (χ1) is 2.41. The van der Waals surface area contributed by atoms with Crippen LogP contribution in [0.15, 0.2) is 0 Å². The molecule has 0 aliphatic rings. The van der Waals surface area contributed by atoms with Crippen LogP contribution >= 0.6 is 24.8 Å². The van der Waals surface area contributed by atoms with E-state index in [1.807, 2.05) is 0 Å². The molecule has 0 aromatic heterocycles. The van der Waals surface area contributed by atoms with Crippen LogP contribution in [-0.4, -0.2) is 11.7 Å². The summed E-state index contributed by atoms with van der Waals surface area (Å²) in [6.45, 7) is 2.40. The summed E-state index contributed by atoms with van der Waals surface area (Å²) < 4.78 is 0. The van der Waals surface area contributed by atoms with Crippen LogP contribution < -0.4 is 0 Å². The molecule has 0 spiro atoms. The standard InChI is InChI=1S/C4H10O.CH4.2ClH/c1-2-3-4-5;;;/h5H,2-4H2,1H3;1H4;2*1H. The van der Waals surface area contributed by atoms with Gasteiger partial charge in [0.2, 0.25) is 0 Å². The summed E-state index contributed by atoms with van der Waals surface area (Å²) >= 11 is 0. The van der Waals surface area contributed by atoms with Crippen LogP contribution in [0.2, 0.25) is 0 Å². The first-order valence-electron chi connectivity index (χ1n) is 2.02. The van der Waals surface area contributed by atoms with Crippen LogP contribution in [0.5, 0.6) is 0 Å². The van der Waals surface area contributed by atoms with Crippen molar-refractivity contribution in [3.8, 4) is 0 Å². The van der Waals surface area contributed by atoms with Gasteiger partial charge in [0.05, 0.1) is 0 Å². The molecule has 0 aromatic carbocycles. The Labute approximate surface area is 64.3 Å². The zero-order valence-electron chi connectivity index (χ0n) is 4.39. The molecule has 0 saturated carbocycles. The van der Waals surface area contributed by atoms with Crippen molar-refractivity contribution in [1.82, 2.24) is 0 Å². The highest BCUT2D eigenvalue weighted by Crippen LogP contribution is 1.78. The molecule has 0 aliphatic carbocycles. The first kappa shape index (κ1) is 23.6. The normalized spacial score (nSPS) is 5.25. The number of hydrogen-bond donors (Lipinski definition) is 1. The number of rotatable bonds is 2. The van der Waals surface area contributed by atoms with E-state index in [0.29, 0.717) is 6.61 Å². The van der Waals surface area contributed by atoms with E-state index in [1.54, 1.807) is 0 Å². The van der Waals surface area contributed by atoms with Crippen LogP contribution in [0.4, 0.5) is 0 Å². The zero-order valence-corrected chi connectivity index (χ0v) is 6.02. The molecule has 0 aromatic rings. The molecule has 0 bridgehead atoms. The molecule has 3 heteroatoms. The Hall–Kier alpha value is 0.540. The molecule has 0 unspecified atom stereocenters. The fraction of sp³-hybridized carbons (Fsp3) is 1.00. The maximum Gasteiger partial charge on any atom is 0.0430 e. The maximum atomic E-state index is 8.07. The number of halogens is 2. The Morgan fingerprint density at radius 2 is 1.62 bits per heavy atom. The molecular formula is C5H16Cl2O. The Morgan fingerprint density at radius 1 is 1.25 bits per heavy atom. The molecule has 0 atom stereocenters. The van der Waals surface area contributed by atoms with E-state index in [1.165, 1.54) is 0 Å². The van der Waals surface area contributed by atoms with E-state index in [0.717, 1.165) is 12.8 Å². The topological polar surface area (TPSA) is 20.2 Å². The van der Waals surface area contributed by atoms with Crippen molar-refractivity contribution in [2.75, 3.05) is 6.61 Å². The SMILES string of the molecule is C.CCCCO.Cl.Cl. The summed E-state index contributed by atoms with van der Waals surface area (Å²) in [6, 6.07) is 0. The predicted octanol–water partition coefficient (Wildman–Crippen LogP) is 2.26. The molecular weight excluding hydrogens is 147 g/mol. The molecule has 0 aliphatic heterocycles. The average Bonchev–Trinajstić information content (AvgIpc) is 1.41. The van der Waals surface area contributed by atoms with Gasteiger partial charge in [0.1, 0.15) is 0 Å². The van der Waals surface area contributed by atoms with Gasteiger partial charge in [-0.2, -0.15) is 0 Å². The van der Waals surface area contributed by atoms with Crippen molar-refractivity contribution >= 4 is 24.8 Å². The predicted molar refractivity (Wildman–Crippen MR) is 43.2 cm³/mol. The van der Waals surface area contributed by atoms with E-state index in [4.69, 9.17) is 5.11 Å². The van der Waals surface area contributed by atoms with Crippen molar-refractivity contribution in [1.29, 1.82) is 0 Å². The minimum Gasteiger partial charge on any atom is -0.396 e. The summed E-state index contributed by atoms with van der Waals surface area (Å²) in [7, 11) is 0. The van der Waals surface area contributed by atoms with Gasteiger partial charge in [0.25, 0.3) is 0 Å². The van der Waals surface area contributed by atoms with E-state index in [9.17, 15) is 0 Å². The minimum atomic E-state index is 0. The molecule has 0 heterocycles. The van der Waals surface area contributed by atoms with E-state index < -0.39 is 0 Å². The average molecular weight is 163 g/mol. The first-order valence-corrected chi connectivity index (χ1v) is 2.02. The highest BCUT2D eigenvalue weighted by Gasteiger charge is 1.69. The molecule has 0 radical (unpaired) electrons. The number of aliphatic hydroxyl groups excluding tert-OH is 1. The monoisotopic (exact) mass is 162 g/mol. The lowest BCUT2D eigenvalue weighted by molar-refractivity contribution is 0.287. The third-order valence-corrected chi connectivity index (χ3v) is 0.512. The van der Waals surface area contributed by atoms with Gasteiger partial charge in [0.15, 0.2) is 0 Å². The Balaban J connectivity index is -0.0000000267. The van der Waals surface area contributed by atoms with Crippen molar-refractivity contribution < 1.29 is 5.11 Å². The lowest BCUT2D eigenvalue weighted by atomic mass is 10.4. The summed E-state index contributed by atoms with van der Waals surface area (Å²) in [6.07, 6.45) is 2.04. The van der Waals surface area contributed by atoms with Crippen molar-refractivity contribution in [2.45, 2.75) is 27.2 Å². The van der Waals surface area contributed by atoms with Gasteiger partial charge in [-0.3, -0.25) is 0 Å². The summed E-state index contributed by atoms with van der Waals surface area (Å²) in [5, 5.41) is 8.07. The fourth-order valence-corrected chi connectivity index (χ4v) is 0.158. The second kappa shape index (κ2) is 25.7. The van der Waals surface area contributed by atoms with Crippen LogP contribution in [0.25, 0.3) is 0 Å². The van der Waals surface area contributed by atoms with Gasteiger partial charge in [-0.25, -0.2) is 0 Å². The Bertz CT molecular complexity index is 17.9. The number of unbranched alkanes of at least 4 members (excludes halogenated alkanes) is 1. The molecule has 0 saturated heterocycles. The van der Waals surface area contributed by atoms with Gasteiger partial charge in [-0.05, 0) is 6.42 Å². The van der Waals surface area contributed by atoms with Gasteiger partial charge >= 0.3 is 0 Å². The van der Waals surface area contributed by atoms with E-state index in [2.05, 4.69) is 6.92 Å². The van der Waals surface area contributed by atoms with Gasteiger partial charge in [-0.1, -0.05) is 20.8 Å². The second-order valence-corrected chi connectivity index (χ2v) is 1.08. The van der Waals surface area contributed by atoms with Crippen LogP contribution in [0, 0.1) is 0 Å². The van der Waals surface area contributed by atoms with Crippen LogP contribution in [-0.2, 0) is 0 Å². The zero-order chi connectivity index (χ0) is 4.12. The lowest BCUT2D eigenvalue weighted by Gasteiger charge is -1.79. The molecule has 0 amide bonds. The van der Waals surface area contributed by atoms with Gasteiger partial charge < -0.3 is 5.11 Å². The maximum absolute atomic E-state index is 8.07. The van der Waals surface area contributed by atoms with Gasteiger partial charge in [-0.15, -0.1) is 24.8 Å². The highest BCUT2D eigenvalue weighted by molar-refractivity contribution is 5.85. The third-order valence-electron chi connectivity index (χ3n) is 0.512. The second-order valence-electron chi connectivity index (χ2n) is 1.08. The van der Waals surface area contributed by atoms with Crippen LogP contribution in [0.3, 0.4) is 0 Å². The Morgan fingerprint density at radius 3 is 1.62 bits per heavy atom. The number of aliphatic hydroxyl groups is 1. The minimum absolute atomic E-state index is 0. The number of hydrogen-bond acceptors (Lipinski definition) is 1. The van der Waals surface area contributed by atoms with Crippen LogP contribution in [0.1, 0.15) is 27.2 Å². The molecule has 0 fully saturated rings. The lowest BCUT2D eigenvalue weighted by Crippen LogP contribution is -1.75. The Kier molecular flexibility index (Phi) is 75.8. The van der Waals surface area contributed by atoms with Crippen molar-refractivity contribution in [2.24, 2.45) is 0 Å². The summed E-state index contributed by atoms with van der Waals surface area (Å²) in [4.78, 5) is 0. The van der Waals surface area contributed by atoms with E-state index >= 15 is 0 Å². The molecule has 0 rings (SSSR count).